The average molecular weight is 403 g/mol. The number of carbonyl (C=O) groups excluding carboxylic acids is 1. The fourth-order valence-corrected chi connectivity index (χ4v) is 2.69. The Labute approximate surface area is 154 Å². The van der Waals surface area contributed by atoms with Gasteiger partial charge >= 0.3 is 0 Å². The zero-order valence-corrected chi connectivity index (χ0v) is 15.7. The van der Waals surface area contributed by atoms with Crippen LogP contribution in [0.3, 0.4) is 0 Å². The number of halogens is 1. The quantitative estimate of drug-likeness (QED) is 0.637. The third-order valence-electron chi connectivity index (χ3n) is 3.81. The summed E-state index contributed by atoms with van der Waals surface area (Å²) >= 11 is 3.43. The predicted molar refractivity (Wildman–Crippen MR) is 98.3 cm³/mol. The van der Waals surface area contributed by atoms with Gasteiger partial charge in [-0.05, 0) is 36.2 Å². The first-order chi connectivity index (χ1) is 12.0. The summed E-state index contributed by atoms with van der Waals surface area (Å²) in [7, 11) is 0. The molecule has 0 saturated carbocycles. The molecule has 0 saturated heterocycles. The van der Waals surface area contributed by atoms with Gasteiger partial charge in [-0.25, -0.2) is 0 Å². The maximum atomic E-state index is 12.1. The number of carbonyl (C=O) groups is 1. The minimum absolute atomic E-state index is 0.236. The van der Waals surface area contributed by atoms with Gasteiger partial charge in [-0.1, -0.05) is 35.0 Å². The fourth-order valence-electron chi connectivity index (χ4n) is 2.38. The number of rotatable bonds is 6. The highest BCUT2D eigenvalue weighted by Crippen LogP contribution is 2.20. The number of nitrogens with zero attached hydrogens (tertiary/aromatic N) is 3. The van der Waals surface area contributed by atoms with Crippen LogP contribution in [0.1, 0.15) is 28.2 Å². The van der Waals surface area contributed by atoms with E-state index >= 15 is 0 Å². The van der Waals surface area contributed by atoms with Gasteiger partial charge in [-0.15, -0.1) is 0 Å². The van der Waals surface area contributed by atoms with E-state index in [0.29, 0.717) is 12.3 Å². The predicted octanol–water partition coefficient (Wildman–Crippen LogP) is 3.74. The Kier molecular flexibility index (Phi) is 5.33. The summed E-state index contributed by atoms with van der Waals surface area (Å²) in [5.74, 6) is 0.349. The van der Waals surface area contributed by atoms with E-state index in [4.69, 9.17) is 4.52 Å². The fraction of sp³-hybridized carbons (Fsp3) is 0.278. The number of aromatic nitrogens is 3. The van der Waals surface area contributed by atoms with Gasteiger partial charge in [0.25, 0.3) is 5.91 Å². The Morgan fingerprint density at radius 1 is 1.28 bits per heavy atom. The van der Waals surface area contributed by atoms with Gasteiger partial charge in [-0.3, -0.25) is 9.48 Å². The summed E-state index contributed by atoms with van der Waals surface area (Å²) in [6.07, 6.45) is 2.71. The molecule has 2 heterocycles. The number of amides is 1. The Morgan fingerprint density at radius 3 is 2.72 bits per heavy atom. The molecule has 1 amide bonds. The van der Waals surface area contributed by atoms with Gasteiger partial charge in [0, 0.05) is 30.9 Å². The van der Waals surface area contributed by atoms with Crippen LogP contribution in [0, 0.1) is 13.8 Å². The number of aryl methyl sites for hydroxylation is 3. The Bertz CT molecular complexity index is 848. The minimum Gasteiger partial charge on any atom is -0.355 e. The van der Waals surface area contributed by atoms with Crippen LogP contribution < -0.4 is 5.32 Å². The van der Waals surface area contributed by atoms with E-state index in [1.165, 1.54) is 5.56 Å². The van der Waals surface area contributed by atoms with E-state index < -0.39 is 0 Å². The van der Waals surface area contributed by atoms with Gasteiger partial charge in [0.2, 0.25) is 0 Å². The lowest BCUT2D eigenvalue weighted by Gasteiger charge is -2.03. The van der Waals surface area contributed by atoms with Crippen molar-refractivity contribution >= 4 is 21.8 Å². The van der Waals surface area contributed by atoms with E-state index in [-0.39, 0.29) is 11.6 Å². The molecule has 25 heavy (non-hydrogen) atoms. The van der Waals surface area contributed by atoms with Crippen molar-refractivity contribution in [1.29, 1.82) is 0 Å². The van der Waals surface area contributed by atoms with E-state index in [1.54, 1.807) is 6.07 Å². The highest BCUT2D eigenvalue weighted by atomic mass is 79.9. The molecule has 0 bridgehead atoms. The second-order valence-electron chi connectivity index (χ2n) is 5.88. The second-order valence-corrected chi connectivity index (χ2v) is 6.73. The molecular formula is C18H19BrN4O2. The Hall–Kier alpha value is -2.41. The summed E-state index contributed by atoms with van der Waals surface area (Å²) in [5.41, 5.74) is 3.31. The van der Waals surface area contributed by atoms with Crippen molar-refractivity contribution in [3.63, 3.8) is 0 Å². The lowest BCUT2D eigenvalue weighted by molar-refractivity contribution is 0.0943. The zero-order valence-electron chi connectivity index (χ0n) is 14.1. The normalized spacial score (nSPS) is 10.8. The van der Waals surface area contributed by atoms with Crippen molar-refractivity contribution in [1.82, 2.24) is 20.3 Å². The molecule has 0 aliphatic carbocycles. The molecule has 130 valence electrons. The van der Waals surface area contributed by atoms with Crippen molar-refractivity contribution in [3.8, 4) is 11.3 Å². The van der Waals surface area contributed by atoms with Crippen molar-refractivity contribution in [2.45, 2.75) is 26.8 Å². The van der Waals surface area contributed by atoms with Crippen LogP contribution in [-0.4, -0.2) is 27.4 Å². The summed E-state index contributed by atoms with van der Waals surface area (Å²) in [6.45, 7) is 5.24. The number of hydrogen-bond donors (Lipinski definition) is 1. The second kappa shape index (κ2) is 7.65. The first-order valence-corrected chi connectivity index (χ1v) is 8.84. The maximum Gasteiger partial charge on any atom is 0.273 e. The van der Waals surface area contributed by atoms with Crippen molar-refractivity contribution in [2.75, 3.05) is 6.54 Å². The monoisotopic (exact) mass is 402 g/mol. The molecule has 0 aliphatic rings. The minimum atomic E-state index is -0.236. The van der Waals surface area contributed by atoms with Crippen molar-refractivity contribution in [2.24, 2.45) is 0 Å². The highest BCUT2D eigenvalue weighted by molar-refractivity contribution is 9.10. The van der Waals surface area contributed by atoms with Crippen LogP contribution in [0.4, 0.5) is 0 Å². The Balaban J connectivity index is 1.51. The van der Waals surface area contributed by atoms with E-state index in [2.05, 4.69) is 31.5 Å². The zero-order chi connectivity index (χ0) is 17.8. The Morgan fingerprint density at radius 2 is 2.04 bits per heavy atom. The molecule has 2 aromatic heterocycles. The standard InChI is InChI=1S/C18H19BrN4O2/c1-12-4-6-14(7-5-12)17-10-16(22-25-17)18(24)20-8-3-9-23-11-15(19)13(2)21-23/h4-7,10-11H,3,8-9H2,1-2H3,(H,20,24). The molecule has 0 spiro atoms. The van der Waals surface area contributed by atoms with Crippen LogP contribution in [0.2, 0.25) is 0 Å². The largest absolute Gasteiger partial charge is 0.355 e. The van der Waals surface area contributed by atoms with Gasteiger partial charge in [0.05, 0.1) is 10.2 Å². The molecule has 0 fully saturated rings. The SMILES string of the molecule is Cc1ccc(-c2cc(C(=O)NCCCn3cc(Br)c(C)n3)no2)cc1. The number of nitrogens with one attached hydrogen (secondary N) is 1. The van der Waals surface area contributed by atoms with Crippen molar-refractivity contribution in [3.05, 3.63) is 58.0 Å². The van der Waals surface area contributed by atoms with E-state index in [1.807, 2.05) is 49.0 Å². The molecule has 1 aromatic carbocycles. The smallest absolute Gasteiger partial charge is 0.273 e. The van der Waals surface area contributed by atoms with E-state index in [0.717, 1.165) is 28.7 Å². The highest BCUT2D eigenvalue weighted by Gasteiger charge is 2.13. The third-order valence-corrected chi connectivity index (χ3v) is 4.59. The lowest BCUT2D eigenvalue weighted by Crippen LogP contribution is -2.25. The molecule has 3 rings (SSSR count). The van der Waals surface area contributed by atoms with Crippen LogP contribution in [0.25, 0.3) is 11.3 Å². The number of benzene rings is 1. The van der Waals surface area contributed by atoms with E-state index in [9.17, 15) is 4.79 Å². The molecule has 6 nitrogen and oxygen atoms in total. The lowest BCUT2D eigenvalue weighted by atomic mass is 10.1. The van der Waals surface area contributed by atoms with Crippen molar-refractivity contribution < 1.29 is 9.32 Å². The summed E-state index contributed by atoms with van der Waals surface area (Å²) in [5, 5.41) is 11.1. The molecule has 0 unspecified atom stereocenters. The first kappa shape index (κ1) is 17.4. The van der Waals surface area contributed by atoms with Crippen LogP contribution in [-0.2, 0) is 6.54 Å². The van der Waals surface area contributed by atoms with Gasteiger partial charge < -0.3 is 9.84 Å². The van der Waals surface area contributed by atoms with Crippen LogP contribution in [0.15, 0.2) is 45.5 Å². The molecule has 0 radical (unpaired) electrons. The molecule has 3 aromatic rings. The van der Waals surface area contributed by atoms with Gasteiger partial charge in [0.1, 0.15) is 0 Å². The first-order valence-electron chi connectivity index (χ1n) is 8.04. The summed E-state index contributed by atoms with van der Waals surface area (Å²) in [6, 6.07) is 9.54. The van der Waals surface area contributed by atoms with Gasteiger partial charge in [0.15, 0.2) is 11.5 Å². The average Bonchev–Trinajstić information content (AvgIpc) is 3.20. The molecule has 1 N–H and O–H groups in total. The van der Waals surface area contributed by atoms with Crippen LogP contribution >= 0.6 is 15.9 Å². The van der Waals surface area contributed by atoms with Gasteiger partial charge in [-0.2, -0.15) is 5.10 Å². The maximum absolute atomic E-state index is 12.1. The molecular weight excluding hydrogens is 384 g/mol. The third kappa shape index (κ3) is 4.36. The number of hydrogen-bond acceptors (Lipinski definition) is 4. The molecule has 0 atom stereocenters. The molecule has 7 heteroatoms. The van der Waals surface area contributed by atoms with Crippen LogP contribution in [0.5, 0.6) is 0 Å². The summed E-state index contributed by atoms with van der Waals surface area (Å²) < 4.78 is 8.12. The molecule has 0 aliphatic heterocycles. The summed E-state index contributed by atoms with van der Waals surface area (Å²) in [4.78, 5) is 12.1. The topological polar surface area (TPSA) is 73.0 Å².